The Kier molecular flexibility index (Phi) is 6.82. The number of amides is 3. The van der Waals surface area contributed by atoms with E-state index in [0.29, 0.717) is 41.3 Å². The van der Waals surface area contributed by atoms with Gasteiger partial charge in [-0.1, -0.05) is 30.3 Å². The van der Waals surface area contributed by atoms with Gasteiger partial charge >= 0.3 is 0 Å². The van der Waals surface area contributed by atoms with Crippen molar-refractivity contribution < 1.29 is 14.4 Å². The van der Waals surface area contributed by atoms with E-state index in [1.54, 1.807) is 36.7 Å². The Morgan fingerprint density at radius 1 is 0.941 bits per heavy atom. The van der Waals surface area contributed by atoms with Crippen molar-refractivity contribution in [1.29, 1.82) is 0 Å². The Hall–Kier alpha value is -4.26. The van der Waals surface area contributed by atoms with Crippen LogP contribution in [0.2, 0.25) is 0 Å². The molecule has 0 bridgehead atoms. The molecule has 0 saturated carbocycles. The van der Waals surface area contributed by atoms with Crippen LogP contribution < -0.4 is 10.2 Å². The molecule has 0 saturated heterocycles. The molecule has 1 aliphatic rings. The molecule has 2 heterocycles. The smallest absolute Gasteiger partial charge is 0.282 e. The van der Waals surface area contributed by atoms with Crippen LogP contribution in [0.5, 0.6) is 0 Å². The van der Waals surface area contributed by atoms with Crippen molar-refractivity contribution in [2.24, 2.45) is 0 Å². The van der Waals surface area contributed by atoms with Crippen LogP contribution in [0, 0.1) is 0 Å². The summed E-state index contributed by atoms with van der Waals surface area (Å²) in [4.78, 5) is 45.9. The zero-order chi connectivity index (χ0) is 24.1. The number of benzene rings is 2. The van der Waals surface area contributed by atoms with Gasteiger partial charge in [-0.15, -0.1) is 0 Å². The lowest BCUT2D eigenvalue weighted by atomic mass is 10.0. The molecule has 3 amide bonds. The first-order valence-corrected chi connectivity index (χ1v) is 11.2. The van der Waals surface area contributed by atoms with Gasteiger partial charge in [0.2, 0.25) is 5.91 Å². The molecule has 1 N–H and O–H groups in total. The third-order valence-corrected chi connectivity index (χ3v) is 5.69. The number of nitrogens with zero attached hydrogens (tertiary/aromatic N) is 3. The number of anilines is 2. The van der Waals surface area contributed by atoms with Gasteiger partial charge in [0.25, 0.3) is 11.8 Å². The highest BCUT2D eigenvalue weighted by Crippen LogP contribution is 2.35. The average molecular weight is 455 g/mol. The van der Waals surface area contributed by atoms with Crippen molar-refractivity contribution >= 4 is 34.7 Å². The highest BCUT2D eigenvalue weighted by molar-refractivity contribution is 6.45. The summed E-state index contributed by atoms with van der Waals surface area (Å²) in [6, 6.07) is 19.9. The molecule has 0 unspecified atom stereocenters. The Morgan fingerprint density at radius 2 is 1.62 bits per heavy atom. The SMILES string of the molecule is CCN(CCc1ccncc1)C1=C(c2ccccc2)C(=O)N(c2ccc(NC(C)=O)cc2)C1=O. The van der Waals surface area contributed by atoms with Gasteiger partial charge in [-0.2, -0.15) is 0 Å². The van der Waals surface area contributed by atoms with Crippen LogP contribution >= 0.6 is 0 Å². The van der Waals surface area contributed by atoms with E-state index < -0.39 is 0 Å². The van der Waals surface area contributed by atoms with E-state index in [9.17, 15) is 14.4 Å². The molecule has 1 aliphatic heterocycles. The standard InChI is InChI=1S/C27H26N4O3/c1-3-30(18-15-20-13-16-28-17-14-20)25-24(21-7-5-4-6-8-21)26(33)31(27(25)34)23-11-9-22(10-12-23)29-19(2)32/h4-14,16-17H,3,15,18H2,1-2H3,(H,29,32). The van der Waals surface area contributed by atoms with Gasteiger partial charge in [0.15, 0.2) is 0 Å². The number of aromatic nitrogens is 1. The fourth-order valence-corrected chi connectivity index (χ4v) is 4.05. The first kappa shape index (κ1) is 22.9. The molecule has 0 atom stereocenters. The summed E-state index contributed by atoms with van der Waals surface area (Å²) in [5, 5.41) is 2.70. The van der Waals surface area contributed by atoms with Crippen LogP contribution in [0.1, 0.15) is 25.0 Å². The molecule has 34 heavy (non-hydrogen) atoms. The fraction of sp³-hybridized carbons (Fsp3) is 0.185. The first-order chi connectivity index (χ1) is 16.5. The summed E-state index contributed by atoms with van der Waals surface area (Å²) in [7, 11) is 0. The van der Waals surface area contributed by atoms with E-state index in [1.807, 2.05) is 54.3 Å². The van der Waals surface area contributed by atoms with E-state index in [4.69, 9.17) is 0 Å². The number of likely N-dealkylation sites (N-methyl/N-ethyl adjacent to an activating group) is 1. The number of carbonyl (C=O) groups is 3. The van der Waals surface area contributed by atoms with Crippen LogP contribution in [0.3, 0.4) is 0 Å². The highest BCUT2D eigenvalue weighted by atomic mass is 16.2. The molecule has 3 aromatic rings. The maximum absolute atomic E-state index is 13.7. The number of hydrogen-bond acceptors (Lipinski definition) is 5. The lowest BCUT2D eigenvalue weighted by molar-refractivity contribution is -0.121. The molecule has 0 fully saturated rings. The Labute approximate surface area is 198 Å². The molecule has 0 spiro atoms. The molecular formula is C27H26N4O3. The summed E-state index contributed by atoms with van der Waals surface area (Å²) in [5.41, 5.74) is 3.66. The maximum Gasteiger partial charge on any atom is 0.282 e. The van der Waals surface area contributed by atoms with Crippen LogP contribution in [0.4, 0.5) is 11.4 Å². The van der Waals surface area contributed by atoms with Crippen molar-refractivity contribution in [3.8, 4) is 0 Å². The normalized spacial score (nSPS) is 13.4. The number of imide groups is 1. The zero-order valence-electron chi connectivity index (χ0n) is 19.2. The minimum absolute atomic E-state index is 0.191. The van der Waals surface area contributed by atoms with E-state index in [2.05, 4.69) is 10.3 Å². The predicted octanol–water partition coefficient (Wildman–Crippen LogP) is 3.89. The molecule has 1 aromatic heterocycles. The van der Waals surface area contributed by atoms with Gasteiger partial charge in [0.1, 0.15) is 5.70 Å². The number of rotatable bonds is 8. The summed E-state index contributed by atoms with van der Waals surface area (Å²) in [6.07, 6.45) is 4.21. The minimum Gasteiger partial charge on any atom is -0.366 e. The second kappa shape index (κ2) is 10.1. The first-order valence-electron chi connectivity index (χ1n) is 11.2. The summed E-state index contributed by atoms with van der Waals surface area (Å²) < 4.78 is 0. The van der Waals surface area contributed by atoms with Gasteiger partial charge in [0, 0.05) is 38.1 Å². The van der Waals surface area contributed by atoms with Crippen LogP contribution in [-0.2, 0) is 20.8 Å². The summed E-state index contributed by atoms with van der Waals surface area (Å²) in [6.45, 7) is 4.56. The van der Waals surface area contributed by atoms with Gasteiger partial charge in [-0.3, -0.25) is 19.4 Å². The monoisotopic (exact) mass is 454 g/mol. The lowest BCUT2D eigenvalue weighted by Crippen LogP contribution is -2.36. The largest absolute Gasteiger partial charge is 0.366 e. The third kappa shape index (κ3) is 4.73. The number of hydrogen-bond donors (Lipinski definition) is 1. The molecule has 4 rings (SSSR count). The van der Waals surface area contributed by atoms with Gasteiger partial charge in [-0.25, -0.2) is 4.90 Å². The molecule has 0 aliphatic carbocycles. The molecule has 7 heteroatoms. The van der Waals surface area contributed by atoms with Gasteiger partial charge < -0.3 is 10.2 Å². The Balaban J connectivity index is 1.70. The Morgan fingerprint density at radius 3 is 2.24 bits per heavy atom. The van der Waals surface area contributed by atoms with E-state index >= 15 is 0 Å². The fourth-order valence-electron chi connectivity index (χ4n) is 4.05. The minimum atomic E-state index is -0.360. The van der Waals surface area contributed by atoms with Gasteiger partial charge in [0.05, 0.1) is 11.3 Å². The highest BCUT2D eigenvalue weighted by Gasteiger charge is 2.42. The average Bonchev–Trinajstić information content (AvgIpc) is 3.11. The third-order valence-electron chi connectivity index (χ3n) is 5.69. The molecule has 172 valence electrons. The number of pyridine rings is 1. The molecular weight excluding hydrogens is 428 g/mol. The van der Waals surface area contributed by atoms with Gasteiger partial charge in [-0.05, 0) is 60.9 Å². The van der Waals surface area contributed by atoms with Crippen LogP contribution in [0.15, 0.2) is 84.8 Å². The van der Waals surface area contributed by atoms with Crippen molar-refractivity contribution in [3.05, 3.63) is 95.9 Å². The topological polar surface area (TPSA) is 82.6 Å². The predicted molar refractivity (Wildman–Crippen MR) is 132 cm³/mol. The number of nitrogens with one attached hydrogen (secondary N) is 1. The van der Waals surface area contributed by atoms with E-state index in [0.717, 1.165) is 12.0 Å². The zero-order valence-corrected chi connectivity index (χ0v) is 19.2. The number of carbonyl (C=O) groups excluding carboxylic acids is 3. The van der Waals surface area contributed by atoms with Crippen LogP contribution in [-0.4, -0.2) is 40.7 Å². The second-order valence-electron chi connectivity index (χ2n) is 7.95. The van der Waals surface area contributed by atoms with Crippen LogP contribution in [0.25, 0.3) is 5.57 Å². The summed E-state index contributed by atoms with van der Waals surface area (Å²) >= 11 is 0. The molecule has 0 radical (unpaired) electrons. The van der Waals surface area contributed by atoms with Crippen molar-refractivity contribution in [1.82, 2.24) is 9.88 Å². The summed E-state index contributed by atoms with van der Waals surface area (Å²) in [5.74, 6) is -0.905. The lowest BCUT2D eigenvalue weighted by Gasteiger charge is -2.25. The van der Waals surface area contributed by atoms with E-state index in [-0.39, 0.29) is 17.7 Å². The Bertz CT molecular complexity index is 1220. The molecule has 7 nitrogen and oxygen atoms in total. The quantitative estimate of drug-likeness (QED) is 0.522. The van der Waals surface area contributed by atoms with Crippen molar-refractivity contribution in [2.75, 3.05) is 23.3 Å². The molecule has 2 aromatic carbocycles. The van der Waals surface area contributed by atoms with E-state index in [1.165, 1.54) is 11.8 Å². The maximum atomic E-state index is 13.7. The van der Waals surface area contributed by atoms with Crippen molar-refractivity contribution in [3.63, 3.8) is 0 Å². The second-order valence-corrected chi connectivity index (χ2v) is 7.95. The van der Waals surface area contributed by atoms with Crippen molar-refractivity contribution in [2.45, 2.75) is 20.3 Å².